The van der Waals surface area contributed by atoms with Gasteiger partial charge in [-0.15, -0.1) is 0 Å². The Morgan fingerprint density at radius 1 is 1.88 bits per heavy atom. The number of nitrogens with one attached hydrogen (secondary N) is 1. The van der Waals surface area contributed by atoms with E-state index in [4.69, 9.17) is 0 Å². The van der Waals surface area contributed by atoms with Gasteiger partial charge in [-0.05, 0) is 13.0 Å². The van der Waals surface area contributed by atoms with Crippen molar-refractivity contribution >= 4 is 5.97 Å². The van der Waals surface area contributed by atoms with Crippen molar-refractivity contribution in [1.82, 2.24) is 5.32 Å². The highest BCUT2D eigenvalue weighted by atomic mass is 16.5. The van der Waals surface area contributed by atoms with Gasteiger partial charge >= 0.3 is 5.97 Å². The summed E-state index contributed by atoms with van der Waals surface area (Å²) in [5.74, 6) is -0.142. The van der Waals surface area contributed by atoms with Crippen molar-refractivity contribution in [3.8, 4) is 0 Å². The average Bonchev–Trinajstić information content (AvgIpc) is 1.62. The second-order valence-corrected chi connectivity index (χ2v) is 1.82. The summed E-state index contributed by atoms with van der Waals surface area (Å²) in [5, 5.41) is 2.92. The quantitative estimate of drug-likeness (QED) is 0.469. The Balaban J connectivity index is 2.24. The van der Waals surface area contributed by atoms with E-state index in [0.717, 1.165) is 13.0 Å². The molecule has 1 rings (SSSR count). The lowest BCUT2D eigenvalue weighted by atomic mass is 10.1. The maximum atomic E-state index is 10.5. The predicted octanol–water partition coefficient (Wildman–Crippen LogP) is -0.479. The summed E-state index contributed by atoms with van der Waals surface area (Å²) < 4.78 is 4.45. The molecule has 0 aromatic rings. The van der Waals surface area contributed by atoms with Gasteiger partial charge in [0.2, 0.25) is 0 Å². The van der Waals surface area contributed by atoms with Crippen molar-refractivity contribution in [2.24, 2.45) is 0 Å². The van der Waals surface area contributed by atoms with Crippen LogP contribution in [0.5, 0.6) is 0 Å². The molecule has 0 aromatic carbocycles. The second-order valence-electron chi connectivity index (χ2n) is 1.82. The lowest BCUT2D eigenvalue weighted by molar-refractivity contribution is -0.144. The molecular weight excluding hydrogens is 106 g/mol. The van der Waals surface area contributed by atoms with Crippen LogP contribution in [0.1, 0.15) is 6.42 Å². The van der Waals surface area contributed by atoms with Crippen LogP contribution in [0, 0.1) is 0 Å². The predicted molar refractivity (Wildman–Crippen MR) is 28.4 cm³/mol. The van der Waals surface area contributed by atoms with Crippen LogP contribution >= 0.6 is 0 Å². The van der Waals surface area contributed by atoms with Crippen LogP contribution in [0.15, 0.2) is 0 Å². The van der Waals surface area contributed by atoms with Crippen molar-refractivity contribution in [1.29, 1.82) is 0 Å². The fourth-order valence-electron chi connectivity index (χ4n) is 0.632. The lowest BCUT2D eigenvalue weighted by Gasteiger charge is -2.24. The molecule has 0 unspecified atom stereocenters. The largest absolute Gasteiger partial charge is 0.468 e. The van der Waals surface area contributed by atoms with Crippen molar-refractivity contribution in [3.63, 3.8) is 0 Å². The number of esters is 1. The molecule has 3 nitrogen and oxygen atoms in total. The minimum atomic E-state index is -0.142. The highest BCUT2D eigenvalue weighted by Crippen LogP contribution is 2.01. The van der Waals surface area contributed by atoms with Crippen LogP contribution in [-0.2, 0) is 9.53 Å². The number of ether oxygens (including phenoxy) is 1. The Hall–Kier alpha value is -0.570. The van der Waals surface area contributed by atoms with Gasteiger partial charge in [0.1, 0.15) is 6.04 Å². The van der Waals surface area contributed by atoms with E-state index in [0.29, 0.717) is 0 Å². The zero-order valence-electron chi connectivity index (χ0n) is 4.81. The Labute approximate surface area is 48.0 Å². The summed E-state index contributed by atoms with van der Waals surface area (Å²) >= 11 is 0. The zero-order valence-corrected chi connectivity index (χ0v) is 4.81. The van der Waals surface area contributed by atoms with Crippen LogP contribution in [0.2, 0.25) is 0 Å². The first-order valence-corrected chi connectivity index (χ1v) is 2.66. The van der Waals surface area contributed by atoms with E-state index in [-0.39, 0.29) is 12.0 Å². The van der Waals surface area contributed by atoms with Gasteiger partial charge < -0.3 is 10.1 Å². The molecule has 1 atom stereocenters. The van der Waals surface area contributed by atoms with Gasteiger partial charge in [-0.3, -0.25) is 4.79 Å². The molecular formula is C5H9NO2. The number of carbonyl (C=O) groups excluding carboxylic acids is 1. The molecule has 0 spiro atoms. The fourth-order valence-corrected chi connectivity index (χ4v) is 0.632. The van der Waals surface area contributed by atoms with Crippen LogP contribution in [-0.4, -0.2) is 25.7 Å². The van der Waals surface area contributed by atoms with Crippen molar-refractivity contribution in [2.75, 3.05) is 13.7 Å². The monoisotopic (exact) mass is 115 g/mol. The number of hydrogen-bond acceptors (Lipinski definition) is 3. The molecule has 3 heteroatoms. The summed E-state index contributed by atoms with van der Waals surface area (Å²) in [6.45, 7) is 0.944. The Morgan fingerprint density at radius 2 is 2.50 bits per heavy atom. The Morgan fingerprint density at radius 3 is 2.62 bits per heavy atom. The van der Waals surface area contributed by atoms with Crippen molar-refractivity contribution in [3.05, 3.63) is 0 Å². The minimum absolute atomic E-state index is 0.0139. The molecule has 0 aromatic heterocycles. The summed E-state index contributed by atoms with van der Waals surface area (Å²) in [6.07, 6.45) is 0.923. The van der Waals surface area contributed by atoms with E-state index in [1.807, 2.05) is 0 Å². The molecule has 8 heavy (non-hydrogen) atoms. The third kappa shape index (κ3) is 0.816. The van der Waals surface area contributed by atoms with E-state index in [9.17, 15) is 4.79 Å². The van der Waals surface area contributed by atoms with E-state index in [2.05, 4.69) is 10.1 Å². The molecule has 1 aliphatic rings. The first-order valence-electron chi connectivity index (χ1n) is 2.66. The Kier molecular flexibility index (Phi) is 1.48. The second kappa shape index (κ2) is 2.13. The van der Waals surface area contributed by atoms with Gasteiger partial charge in [0, 0.05) is 0 Å². The van der Waals surface area contributed by atoms with E-state index < -0.39 is 0 Å². The first kappa shape index (κ1) is 5.56. The topological polar surface area (TPSA) is 38.3 Å². The molecule has 1 N–H and O–H groups in total. The maximum absolute atomic E-state index is 10.5. The molecule has 1 fully saturated rings. The number of carbonyl (C=O) groups is 1. The van der Waals surface area contributed by atoms with E-state index >= 15 is 0 Å². The van der Waals surface area contributed by atoms with Gasteiger partial charge in [0.25, 0.3) is 0 Å². The SMILES string of the molecule is COC(=O)[C@H]1CCN1. The Bertz CT molecular complexity index is 98.6. The summed E-state index contributed by atoms with van der Waals surface area (Å²) in [4.78, 5) is 10.5. The first-order chi connectivity index (χ1) is 3.84. The fraction of sp³-hybridized carbons (Fsp3) is 0.800. The van der Waals surface area contributed by atoms with E-state index in [1.54, 1.807) is 0 Å². The highest BCUT2D eigenvalue weighted by molar-refractivity contribution is 5.76. The van der Waals surface area contributed by atoms with E-state index in [1.165, 1.54) is 7.11 Å². The van der Waals surface area contributed by atoms with Crippen LogP contribution in [0.25, 0.3) is 0 Å². The maximum Gasteiger partial charge on any atom is 0.322 e. The standard InChI is InChI=1S/C5H9NO2/c1-8-5(7)4-2-3-6-4/h4,6H,2-3H2,1H3/t4-/m1/s1. The third-order valence-corrected chi connectivity index (χ3v) is 1.31. The molecule has 0 amide bonds. The molecule has 0 aliphatic carbocycles. The third-order valence-electron chi connectivity index (χ3n) is 1.31. The summed E-state index contributed by atoms with van der Waals surface area (Å²) in [7, 11) is 1.41. The van der Waals surface area contributed by atoms with Crippen LogP contribution < -0.4 is 5.32 Å². The van der Waals surface area contributed by atoms with Crippen LogP contribution in [0.3, 0.4) is 0 Å². The highest BCUT2D eigenvalue weighted by Gasteiger charge is 2.24. The zero-order chi connectivity index (χ0) is 5.98. The van der Waals surface area contributed by atoms with Gasteiger partial charge in [-0.25, -0.2) is 0 Å². The summed E-state index contributed by atoms with van der Waals surface area (Å²) in [6, 6.07) is -0.0139. The number of hydrogen-bond donors (Lipinski definition) is 1. The summed E-state index contributed by atoms with van der Waals surface area (Å²) in [5.41, 5.74) is 0. The minimum Gasteiger partial charge on any atom is -0.468 e. The van der Waals surface area contributed by atoms with Gasteiger partial charge in [-0.2, -0.15) is 0 Å². The number of methoxy groups -OCH3 is 1. The normalized spacial score (nSPS) is 26.4. The van der Waals surface area contributed by atoms with Gasteiger partial charge in [0.15, 0.2) is 0 Å². The molecule has 0 radical (unpaired) electrons. The molecule has 1 aliphatic heterocycles. The molecule has 1 heterocycles. The molecule has 46 valence electrons. The van der Waals surface area contributed by atoms with Gasteiger partial charge in [-0.1, -0.05) is 0 Å². The van der Waals surface area contributed by atoms with Crippen molar-refractivity contribution < 1.29 is 9.53 Å². The number of rotatable bonds is 1. The lowest BCUT2D eigenvalue weighted by Crippen LogP contribution is -2.48. The van der Waals surface area contributed by atoms with Crippen LogP contribution in [0.4, 0.5) is 0 Å². The molecule has 0 saturated carbocycles. The average molecular weight is 115 g/mol. The van der Waals surface area contributed by atoms with Crippen molar-refractivity contribution in [2.45, 2.75) is 12.5 Å². The molecule has 0 bridgehead atoms. The van der Waals surface area contributed by atoms with Gasteiger partial charge in [0.05, 0.1) is 7.11 Å². The smallest absolute Gasteiger partial charge is 0.322 e. The molecule has 1 saturated heterocycles.